The lowest BCUT2D eigenvalue weighted by Crippen LogP contribution is -1.99. The average molecular weight is 282 g/mol. The molecule has 0 atom stereocenters. The molecule has 0 amide bonds. The number of pyridine rings is 1. The van der Waals surface area contributed by atoms with Gasteiger partial charge in [-0.25, -0.2) is 0 Å². The SMILES string of the molecule is Cc1cccc(-c2n[nH]c(=S)n2-c2ccncc2)c1C. The predicted octanol–water partition coefficient (Wildman–Crippen LogP) is 3.61. The number of hydrogen-bond acceptors (Lipinski definition) is 3. The summed E-state index contributed by atoms with van der Waals surface area (Å²) in [5, 5.41) is 7.27. The van der Waals surface area contributed by atoms with Crippen molar-refractivity contribution in [3.05, 3.63) is 58.6 Å². The third-order valence-electron chi connectivity index (χ3n) is 3.44. The van der Waals surface area contributed by atoms with Gasteiger partial charge in [0.2, 0.25) is 0 Å². The van der Waals surface area contributed by atoms with Gasteiger partial charge in [-0.05, 0) is 49.3 Å². The second kappa shape index (κ2) is 5.02. The summed E-state index contributed by atoms with van der Waals surface area (Å²) in [6.07, 6.45) is 3.49. The lowest BCUT2D eigenvalue weighted by Gasteiger charge is -2.10. The first-order chi connectivity index (χ1) is 9.68. The Morgan fingerprint density at radius 3 is 2.60 bits per heavy atom. The summed E-state index contributed by atoms with van der Waals surface area (Å²) in [5.41, 5.74) is 4.47. The monoisotopic (exact) mass is 282 g/mol. The second-order valence-electron chi connectivity index (χ2n) is 4.64. The highest BCUT2D eigenvalue weighted by Crippen LogP contribution is 2.26. The summed E-state index contributed by atoms with van der Waals surface area (Å²) in [6.45, 7) is 4.19. The number of aromatic amines is 1. The third-order valence-corrected chi connectivity index (χ3v) is 3.71. The van der Waals surface area contributed by atoms with Crippen LogP contribution in [0.25, 0.3) is 17.1 Å². The molecule has 0 unspecified atom stereocenters. The van der Waals surface area contributed by atoms with Gasteiger partial charge in [0.25, 0.3) is 0 Å². The molecule has 0 saturated carbocycles. The van der Waals surface area contributed by atoms with E-state index in [2.05, 4.69) is 41.2 Å². The Bertz CT molecular complexity index is 802. The van der Waals surface area contributed by atoms with Crippen LogP contribution >= 0.6 is 12.2 Å². The first-order valence-corrected chi connectivity index (χ1v) is 6.73. The largest absolute Gasteiger partial charge is 0.268 e. The van der Waals surface area contributed by atoms with E-state index in [0.29, 0.717) is 4.77 Å². The Morgan fingerprint density at radius 2 is 1.85 bits per heavy atom. The van der Waals surface area contributed by atoms with Crippen molar-refractivity contribution in [1.29, 1.82) is 0 Å². The highest BCUT2D eigenvalue weighted by atomic mass is 32.1. The van der Waals surface area contributed by atoms with Crippen LogP contribution < -0.4 is 0 Å². The summed E-state index contributed by atoms with van der Waals surface area (Å²) in [7, 11) is 0. The number of nitrogens with zero attached hydrogens (tertiary/aromatic N) is 3. The number of hydrogen-bond donors (Lipinski definition) is 1. The molecule has 4 nitrogen and oxygen atoms in total. The van der Waals surface area contributed by atoms with Gasteiger partial charge in [0.15, 0.2) is 10.6 Å². The minimum atomic E-state index is 0.576. The molecular weight excluding hydrogens is 268 g/mol. The zero-order chi connectivity index (χ0) is 14.1. The number of aryl methyl sites for hydroxylation is 1. The lowest BCUT2D eigenvalue weighted by atomic mass is 10.0. The lowest BCUT2D eigenvalue weighted by molar-refractivity contribution is 1.03. The smallest absolute Gasteiger partial charge is 0.200 e. The number of nitrogens with one attached hydrogen (secondary N) is 1. The van der Waals surface area contributed by atoms with Crippen LogP contribution in [0.4, 0.5) is 0 Å². The van der Waals surface area contributed by atoms with E-state index in [1.54, 1.807) is 12.4 Å². The molecule has 0 spiro atoms. The predicted molar refractivity (Wildman–Crippen MR) is 81.5 cm³/mol. The molecule has 0 bridgehead atoms. The normalized spacial score (nSPS) is 10.7. The Labute approximate surface area is 122 Å². The van der Waals surface area contributed by atoms with Crippen LogP contribution in [0, 0.1) is 18.6 Å². The van der Waals surface area contributed by atoms with Crippen LogP contribution in [0.15, 0.2) is 42.7 Å². The van der Waals surface area contributed by atoms with E-state index >= 15 is 0 Å². The van der Waals surface area contributed by atoms with E-state index in [4.69, 9.17) is 12.2 Å². The number of rotatable bonds is 2. The van der Waals surface area contributed by atoms with Crippen molar-refractivity contribution in [2.24, 2.45) is 0 Å². The van der Waals surface area contributed by atoms with Gasteiger partial charge in [-0.1, -0.05) is 18.2 Å². The summed E-state index contributed by atoms with van der Waals surface area (Å²) in [4.78, 5) is 4.04. The molecule has 20 heavy (non-hydrogen) atoms. The molecule has 0 aliphatic carbocycles. The van der Waals surface area contributed by atoms with E-state index in [1.807, 2.05) is 22.8 Å². The molecule has 0 saturated heterocycles. The maximum Gasteiger partial charge on any atom is 0.200 e. The van der Waals surface area contributed by atoms with Crippen LogP contribution in [0.5, 0.6) is 0 Å². The molecule has 1 N–H and O–H groups in total. The van der Waals surface area contributed by atoms with E-state index in [9.17, 15) is 0 Å². The van der Waals surface area contributed by atoms with Gasteiger partial charge >= 0.3 is 0 Å². The topological polar surface area (TPSA) is 46.5 Å². The molecule has 0 aliphatic rings. The van der Waals surface area contributed by atoms with Crippen molar-refractivity contribution in [1.82, 2.24) is 19.7 Å². The fraction of sp³-hybridized carbons (Fsp3) is 0.133. The Balaban J connectivity index is 2.27. The van der Waals surface area contributed by atoms with Crippen molar-refractivity contribution >= 4 is 12.2 Å². The molecule has 0 radical (unpaired) electrons. The molecule has 1 aromatic carbocycles. The summed E-state index contributed by atoms with van der Waals surface area (Å²) in [5.74, 6) is 0.822. The Morgan fingerprint density at radius 1 is 1.10 bits per heavy atom. The molecular formula is C15H14N4S. The van der Waals surface area contributed by atoms with Gasteiger partial charge < -0.3 is 0 Å². The van der Waals surface area contributed by atoms with Crippen LogP contribution in [0.1, 0.15) is 11.1 Å². The second-order valence-corrected chi connectivity index (χ2v) is 5.03. The van der Waals surface area contributed by atoms with E-state index in [1.165, 1.54) is 11.1 Å². The standard InChI is InChI=1S/C15H14N4S/c1-10-4-3-5-13(11(10)2)14-17-18-15(20)19(14)12-6-8-16-9-7-12/h3-9H,1-2H3,(H,18,20). The van der Waals surface area contributed by atoms with Crippen LogP contribution in [0.2, 0.25) is 0 Å². The van der Waals surface area contributed by atoms with Crippen molar-refractivity contribution in [3.8, 4) is 17.1 Å². The zero-order valence-electron chi connectivity index (χ0n) is 11.3. The number of H-pyrrole nitrogens is 1. The van der Waals surface area contributed by atoms with Gasteiger partial charge in [0, 0.05) is 18.0 Å². The van der Waals surface area contributed by atoms with Crippen molar-refractivity contribution in [3.63, 3.8) is 0 Å². The highest BCUT2D eigenvalue weighted by Gasteiger charge is 2.13. The van der Waals surface area contributed by atoms with Gasteiger partial charge in [-0.15, -0.1) is 0 Å². The maximum atomic E-state index is 5.36. The minimum absolute atomic E-state index is 0.576. The minimum Gasteiger partial charge on any atom is -0.268 e. The van der Waals surface area contributed by atoms with Crippen molar-refractivity contribution in [2.75, 3.05) is 0 Å². The molecule has 100 valence electrons. The van der Waals surface area contributed by atoms with E-state index < -0.39 is 0 Å². The molecule has 0 aliphatic heterocycles. The van der Waals surface area contributed by atoms with Crippen LogP contribution in [-0.4, -0.2) is 19.7 Å². The summed E-state index contributed by atoms with van der Waals surface area (Å²) < 4.78 is 2.51. The first kappa shape index (κ1) is 12.7. The van der Waals surface area contributed by atoms with Crippen molar-refractivity contribution < 1.29 is 0 Å². The van der Waals surface area contributed by atoms with Gasteiger partial charge in [0.1, 0.15) is 0 Å². The fourth-order valence-electron chi connectivity index (χ4n) is 2.20. The van der Waals surface area contributed by atoms with Gasteiger partial charge in [-0.3, -0.25) is 14.6 Å². The van der Waals surface area contributed by atoms with Crippen molar-refractivity contribution in [2.45, 2.75) is 13.8 Å². The third kappa shape index (κ3) is 2.06. The van der Waals surface area contributed by atoms with E-state index in [0.717, 1.165) is 17.1 Å². The Hall–Kier alpha value is -2.27. The van der Waals surface area contributed by atoms with E-state index in [-0.39, 0.29) is 0 Å². The van der Waals surface area contributed by atoms with Crippen LogP contribution in [0.3, 0.4) is 0 Å². The average Bonchev–Trinajstić information content (AvgIpc) is 2.84. The van der Waals surface area contributed by atoms with Crippen LogP contribution in [-0.2, 0) is 0 Å². The Kier molecular flexibility index (Phi) is 3.20. The number of aromatic nitrogens is 4. The van der Waals surface area contributed by atoms with Gasteiger partial charge in [-0.2, -0.15) is 5.10 Å². The summed E-state index contributed by atoms with van der Waals surface area (Å²) in [6, 6.07) is 10.0. The molecule has 3 rings (SSSR count). The highest BCUT2D eigenvalue weighted by molar-refractivity contribution is 7.71. The first-order valence-electron chi connectivity index (χ1n) is 6.33. The molecule has 2 aromatic heterocycles. The summed E-state index contributed by atoms with van der Waals surface area (Å²) >= 11 is 5.36. The molecule has 3 aromatic rings. The maximum absolute atomic E-state index is 5.36. The molecule has 5 heteroatoms. The zero-order valence-corrected chi connectivity index (χ0v) is 12.1. The number of benzene rings is 1. The fourth-order valence-corrected chi connectivity index (χ4v) is 2.44. The quantitative estimate of drug-likeness (QED) is 0.730. The van der Waals surface area contributed by atoms with Gasteiger partial charge in [0.05, 0.1) is 5.69 Å². The molecule has 2 heterocycles. The molecule has 0 fully saturated rings.